The Morgan fingerprint density at radius 1 is 0.531 bits per heavy atom. The average molecular weight is 1240 g/mol. The minimum atomic E-state index is -3.16. The molecule has 15 nitrogen and oxygen atoms in total. The van der Waals surface area contributed by atoms with Crippen LogP contribution in [0.4, 0.5) is 30.6 Å². The van der Waals surface area contributed by atoms with Gasteiger partial charge in [-0.05, 0) is 109 Å². The molecule has 24 heteroatoms. The molecule has 3 aliphatic rings. The standard InChI is InChI=1S/3C19H17ClFN5S/c3*20-17-8-16-18(27-17)19(24-11-23-16)25-14-3-5-26(6-4-14)10-12-1-2-15(21)13(7-12)9-22/h3*1-2,7-8,11,14H,3-6,10H2,(H,23,24,25)/i1D,2D,3D2,4D2,7D,8D,10D2,11D,14D;1D,2D,3D2,4D2,7D,8D,10D,11D,14D;1D,2D,3D2,4D2,7D,8D,10D,14D/hD3. The number of halogens is 6. The van der Waals surface area contributed by atoms with E-state index in [1.54, 1.807) is 0 Å². The second-order valence-electron chi connectivity index (χ2n) is 15.7. The van der Waals surface area contributed by atoms with Crippen LogP contribution >= 0.6 is 68.8 Å². The summed E-state index contributed by atoms with van der Waals surface area (Å²) in [7, 11) is 0. The number of thiophene rings is 3. The number of fused-ring (bicyclic) bond motifs is 3. The number of likely N-dealkylation sites (tertiary alicyclic amines) is 3. The Bertz CT molecular complexity index is 5660. The summed E-state index contributed by atoms with van der Waals surface area (Å²) < 4.78 is 345. The van der Waals surface area contributed by atoms with E-state index in [4.69, 9.17) is 84.3 Å². The van der Waals surface area contributed by atoms with Gasteiger partial charge in [0.25, 0.3) is 0 Å². The highest BCUT2D eigenvalue weighted by Crippen LogP contribution is 2.36. The van der Waals surface area contributed by atoms with Crippen LogP contribution in [0.3, 0.4) is 0 Å². The van der Waals surface area contributed by atoms with Crippen molar-refractivity contribution in [3.63, 3.8) is 0 Å². The van der Waals surface area contributed by atoms with E-state index >= 15 is 0 Å². The highest BCUT2D eigenvalue weighted by molar-refractivity contribution is 7.24. The molecule has 6 aromatic heterocycles. The fourth-order valence-electron chi connectivity index (χ4n) is 6.78. The van der Waals surface area contributed by atoms with Gasteiger partial charge >= 0.3 is 0 Å². The highest BCUT2D eigenvalue weighted by atomic mass is 35.5. The van der Waals surface area contributed by atoms with Crippen LogP contribution in [0.1, 0.15) is 117 Å². The summed E-state index contributed by atoms with van der Waals surface area (Å²) >= 11 is 20.3. The van der Waals surface area contributed by atoms with Crippen molar-refractivity contribution in [2.45, 2.75) is 75.8 Å². The fourth-order valence-corrected chi connectivity index (χ4v) is 9.87. The van der Waals surface area contributed by atoms with Gasteiger partial charge in [0, 0.05) is 98.8 Å². The lowest BCUT2D eigenvalue weighted by Crippen LogP contribution is -2.38. The third-order valence-corrected chi connectivity index (χ3v) is 13.9. The molecule has 9 heterocycles. The van der Waals surface area contributed by atoms with Gasteiger partial charge in [-0.15, -0.1) is 34.0 Å². The summed E-state index contributed by atoms with van der Waals surface area (Å²) in [5.41, 5.74) is -5.20. The molecule has 3 aliphatic heterocycles. The third-order valence-electron chi connectivity index (χ3n) is 10.4. The molecule has 0 aliphatic carbocycles. The Kier molecular flexibility index (Phi) is 9.27. The smallest absolute Gasteiger partial charge is 0.162 e. The number of hydrogen-bond acceptors (Lipinski definition) is 18. The molecule has 9 aromatic rings. The van der Waals surface area contributed by atoms with Gasteiger partial charge < -0.3 is 15.9 Å². The Balaban J connectivity index is 0.000000185. The lowest BCUT2D eigenvalue weighted by Gasteiger charge is -2.32. The molecular weight excluding hydrogens is 1150 g/mol. The predicted molar refractivity (Wildman–Crippen MR) is 316 cm³/mol. The first kappa shape index (κ1) is 28.0. The van der Waals surface area contributed by atoms with Gasteiger partial charge in [0.05, 0.1) is 80.9 Å². The molecular formula is C57H51Cl3F3N15S3. The number of rotatable bonds is 12. The van der Waals surface area contributed by atoms with Crippen molar-refractivity contribution in [3.05, 3.63) is 155 Å². The summed E-state index contributed by atoms with van der Waals surface area (Å²) in [6, 6.07) is -14.7. The zero-order valence-electron chi connectivity index (χ0n) is 76.2. The zero-order valence-corrected chi connectivity index (χ0v) is 44.9. The van der Waals surface area contributed by atoms with E-state index in [1.807, 2.05) is 0 Å². The molecule has 0 bridgehead atoms. The number of nitriles is 3. The van der Waals surface area contributed by atoms with Gasteiger partial charge in [-0.25, -0.2) is 43.1 Å². The van der Waals surface area contributed by atoms with Crippen LogP contribution in [0.5, 0.6) is 0 Å². The maximum Gasteiger partial charge on any atom is 0.162 e. The number of hydrogen-bond donors (Lipinski definition) is 3. The monoisotopic (exact) mass is 1240 g/mol. The first-order chi connectivity index (χ1) is 53.7. The Morgan fingerprint density at radius 2 is 0.877 bits per heavy atom. The van der Waals surface area contributed by atoms with E-state index in [-0.39, 0.29) is 83.5 Å². The number of piperidine rings is 3. The first-order valence-electron chi connectivity index (χ1n) is 40.5. The molecule has 3 N–H and O–H groups in total. The molecule has 0 amide bonds. The van der Waals surface area contributed by atoms with Crippen LogP contribution in [0.2, 0.25) is 17.2 Å². The van der Waals surface area contributed by atoms with Crippen LogP contribution in [-0.4, -0.2) is 102 Å². The van der Waals surface area contributed by atoms with Gasteiger partial charge in [0.1, 0.15) is 74.8 Å². The summed E-state index contributed by atoms with van der Waals surface area (Å²) in [5, 5.41) is 28.2. The largest absolute Gasteiger partial charge is 0.366 e. The first-order valence-corrected chi connectivity index (χ1v) is 26.0. The summed E-state index contributed by atoms with van der Waals surface area (Å²) in [5.74, 6) is -5.78. The van der Waals surface area contributed by atoms with E-state index in [9.17, 15) is 29.0 Å². The molecule has 0 saturated carbocycles. The quantitative estimate of drug-likeness (QED) is 0.104. The van der Waals surface area contributed by atoms with E-state index in [1.165, 1.54) is 18.2 Å². The average Bonchev–Trinajstić information content (AvgIpc) is 1.40. The minimum Gasteiger partial charge on any atom is -0.366 e. The maximum absolute atomic E-state index is 14.3. The Hall–Kier alpha value is -6.81. The number of nitrogens with one attached hydrogen (secondary N) is 3. The van der Waals surface area contributed by atoms with E-state index < -0.39 is 245 Å². The molecule has 3 aromatic carbocycles. The molecule has 81 heavy (non-hydrogen) atoms. The molecule has 414 valence electrons. The second-order valence-corrected chi connectivity index (χ2v) is 20.6. The van der Waals surface area contributed by atoms with Gasteiger partial charge in [-0.2, -0.15) is 15.8 Å². The fraction of sp³-hybridized carbons (Fsp3) is 0.316. The van der Waals surface area contributed by atoms with Crippen molar-refractivity contribution in [2.75, 3.05) is 55.2 Å². The number of benzene rings is 3. The van der Waals surface area contributed by atoms with Crippen LogP contribution < -0.4 is 15.9 Å². The van der Waals surface area contributed by atoms with Crippen LogP contribution in [0.15, 0.2) is 91.4 Å². The van der Waals surface area contributed by atoms with Gasteiger partial charge in [0.2, 0.25) is 0 Å². The summed E-state index contributed by atoms with van der Waals surface area (Å²) in [6.45, 7) is -12.5. The zero-order chi connectivity index (χ0) is 88.3. The summed E-state index contributed by atoms with van der Waals surface area (Å²) in [6.07, 6.45) is -18.3. The maximum atomic E-state index is 14.3. The topological polar surface area (TPSA) is 195 Å². The number of anilines is 3. The van der Waals surface area contributed by atoms with Crippen LogP contribution in [0, 0.1) is 51.4 Å². The Labute approximate surface area is 543 Å². The molecule has 0 spiro atoms. The summed E-state index contributed by atoms with van der Waals surface area (Å²) in [4.78, 5) is 25.2. The van der Waals surface area contributed by atoms with Crippen molar-refractivity contribution in [1.82, 2.24) is 44.6 Å². The SMILES string of the molecule is [2H]c1c([2H])c(C([2H])N2CC([2H])([2H])C([2H])(N([2H])c3ncnc4c([2H])c(Cl)sc34)C([2H])([2H])C2)c([2H])c(C#N)c1F.[2H]c1nc(N([2H])C2([2H])C([2H])([2H])CN(C([2H])([2H])c3c([2H])c([2H])c(F)c(C#N)c3[2H])CC2([2H])[2H])c2sc(Cl)c([2H])c2n1.[2H]c1nc(N([2H])C2([2H])C([2H])([2H])CN(C([2H])c3c([2H])c([2H])c(F)c(C#N)c3[2H])CC2([2H])[2H])c2sc(Cl)c([2H])c2n1. The van der Waals surface area contributed by atoms with Crippen LogP contribution in [-0.2, 0) is 19.5 Å². The highest BCUT2D eigenvalue weighted by Gasteiger charge is 2.25. The third kappa shape index (κ3) is 14.8. The van der Waals surface area contributed by atoms with E-state index in [0.29, 0.717) is 16.2 Å². The van der Waals surface area contributed by atoms with Crippen molar-refractivity contribution >= 4 is 117 Å². The van der Waals surface area contributed by atoms with E-state index in [0.717, 1.165) is 38.8 Å². The van der Waals surface area contributed by atoms with Crippen molar-refractivity contribution in [1.29, 1.82) is 15.8 Å². The van der Waals surface area contributed by atoms with Gasteiger partial charge in [-0.3, -0.25) is 14.7 Å². The molecule has 0 radical (unpaired) electrons. The molecule has 2 atom stereocenters. The molecule has 3 saturated heterocycles. The van der Waals surface area contributed by atoms with Gasteiger partial charge in [-0.1, -0.05) is 52.9 Å². The lowest BCUT2D eigenvalue weighted by molar-refractivity contribution is 0.211. The second kappa shape index (κ2) is 26.8. The minimum absolute atomic E-state index is 0.00858. The normalized spacial score (nSPS) is 28.0. The predicted octanol–water partition coefficient (Wildman–Crippen LogP) is 13.3. The van der Waals surface area contributed by atoms with Crippen molar-refractivity contribution < 1.29 is 62.6 Å². The number of nitrogens with zero attached hydrogens (tertiary/aromatic N) is 12. The molecule has 3 fully saturated rings. The van der Waals surface area contributed by atoms with Crippen LogP contribution in [0.25, 0.3) is 30.6 Å². The molecule has 12 rings (SSSR count). The molecule has 2 unspecified atom stereocenters. The number of aromatic nitrogens is 6. The van der Waals surface area contributed by atoms with Crippen molar-refractivity contribution in [2.24, 2.45) is 0 Å². The van der Waals surface area contributed by atoms with E-state index in [2.05, 4.69) is 29.9 Å². The van der Waals surface area contributed by atoms with Gasteiger partial charge in [0.15, 0.2) is 4.24 Å². The lowest BCUT2D eigenvalue weighted by atomic mass is 10.0. The Morgan fingerprint density at radius 3 is 1.27 bits per heavy atom. The van der Waals surface area contributed by atoms with Crippen molar-refractivity contribution in [3.8, 4) is 18.2 Å².